The fourth-order valence-corrected chi connectivity index (χ4v) is 3.69. The van der Waals surface area contributed by atoms with E-state index in [1.807, 2.05) is 79.7 Å². The molecule has 0 unspecified atom stereocenters. The van der Waals surface area contributed by atoms with Crippen molar-refractivity contribution < 1.29 is 23.9 Å². The number of benzene rings is 2. The lowest BCUT2D eigenvalue weighted by Crippen LogP contribution is -2.72. The van der Waals surface area contributed by atoms with Gasteiger partial charge in [0.05, 0.1) is 19.6 Å². The van der Waals surface area contributed by atoms with Crippen LogP contribution in [0.4, 0.5) is 4.79 Å². The van der Waals surface area contributed by atoms with E-state index in [1.165, 1.54) is 7.11 Å². The van der Waals surface area contributed by atoms with Crippen LogP contribution in [0.25, 0.3) is 6.08 Å². The smallest absolute Gasteiger partial charge is 0.408 e. The third-order valence-electron chi connectivity index (χ3n) is 5.45. The number of ether oxygens (including phenoxy) is 2. The van der Waals surface area contributed by atoms with Gasteiger partial charge in [0, 0.05) is 6.04 Å². The molecule has 0 bridgehead atoms. The molecular weight excluding hydrogens is 408 g/mol. The van der Waals surface area contributed by atoms with Crippen molar-refractivity contribution in [1.82, 2.24) is 10.2 Å². The number of hydrogen-bond donors (Lipinski definition) is 1. The molecule has 1 saturated heterocycles. The lowest BCUT2D eigenvalue weighted by molar-refractivity contribution is -0.155. The minimum Gasteiger partial charge on any atom is -0.469 e. The van der Waals surface area contributed by atoms with Crippen molar-refractivity contribution in [3.8, 4) is 0 Å². The number of nitrogens with one attached hydrogen (secondary N) is 1. The summed E-state index contributed by atoms with van der Waals surface area (Å²) in [4.78, 5) is 38.8. The summed E-state index contributed by atoms with van der Waals surface area (Å²) in [6, 6.07) is 17.5. The van der Waals surface area contributed by atoms with Crippen LogP contribution >= 0.6 is 0 Å². The highest BCUT2D eigenvalue weighted by atomic mass is 16.5. The van der Waals surface area contributed by atoms with E-state index in [0.717, 1.165) is 11.1 Å². The highest BCUT2D eigenvalue weighted by Crippen LogP contribution is 2.28. The minimum atomic E-state index is -0.759. The van der Waals surface area contributed by atoms with E-state index in [2.05, 4.69) is 5.32 Å². The summed E-state index contributed by atoms with van der Waals surface area (Å²) in [5, 5.41) is 2.68. The van der Waals surface area contributed by atoms with E-state index in [-0.39, 0.29) is 30.9 Å². The van der Waals surface area contributed by atoms with Gasteiger partial charge < -0.3 is 19.7 Å². The molecule has 3 rings (SSSR count). The second kappa shape index (κ2) is 11.1. The molecule has 32 heavy (non-hydrogen) atoms. The molecule has 1 aliphatic rings. The summed E-state index contributed by atoms with van der Waals surface area (Å²) in [6.07, 6.45) is 3.80. The lowest BCUT2D eigenvalue weighted by atomic mass is 9.89. The zero-order valence-electron chi connectivity index (χ0n) is 18.3. The van der Waals surface area contributed by atoms with Crippen LogP contribution in [0.2, 0.25) is 0 Å². The van der Waals surface area contributed by atoms with Crippen molar-refractivity contribution in [1.29, 1.82) is 0 Å². The molecule has 0 aliphatic carbocycles. The highest BCUT2D eigenvalue weighted by molar-refractivity contribution is 5.94. The number of methoxy groups -OCH3 is 1. The number of esters is 1. The van der Waals surface area contributed by atoms with Gasteiger partial charge in [-0.2, -0.15) is 0 Å². The Labute approximate surface area is 188 Å². The van der Waals surface area contributed by atoms with Gasteiger partial charge in [0.15, 0.2) is 0 Å². The molecule has 1 heterocycles. The Balaban J connectivity index is 1.71. The summed E-state index contributed by atoms with van der Waals surface area (Å²) >= 11 is 0. The van der Waals surface area contributed by atoms with Gasteiger partial charge in [0.1, 0.15) is 12.6 Å². The van der Waals surface area contributed by atoms with Gasteiger partial charge in [0.25, 0.3) is 0 Å². The molecule has 3 atom stereocenters. The molecule has 0 radical (unpaired) electrons. The van der Waals surface area contributed by atoms with E-state index >= 15 is 0 Å². The summed E-state index contributed by atoms with van der Waals surface area (Å²) in [5.41, 5.74) is 1.83. The predicted octanol–water partition coefficient (Wildman–Crippen LogP) is 3.55. The zero-order chi connectivity index (χ0) is 22.9. The maximum Gasteiger partial charge on any atom is 0.408 e. The van der Waals surface area contributed by atoms with Crippen molar-refractivity contribution in [3.63, 3.8) is 0 Å². The molecule has 0 saturated carbocycles. The topological polar surface area (TPSA) is 84.9 Å². The molecule has 0 aromatic heterocycles. The highest BCUT2D eigenvalue weighted by Gasteiger charge is 2.50. The number of carbonyl (C=O) groups is 3. The van der Waals surface area contributed by atoms with E-state index in [0.29, 0.717) is 6.42 Å². The monoisotopic (exact) mass is 436 g/mol. The maximum atomic E-state index is 12.9. The van der Waals surface area contributed by atoms with Crippen molar-refractivity contribution >= 4 is 24.0 Å². The van der Waals surface area contributed by atoms with Crippen LogP contribution in [0.5, 0.6) is 0 Å². The molecule has 1 N–H and O–H groups in total. The Morgan fingerprint density at radius 2 is 1.75 bits per heavy atom. The summed E-state index contributed by atoms with van der Waals surface area (Å²) in [5.74, 6) is -0.630. The molecule has 0 spiro atoms. The number of likely N-dealkylation sites (tertiary alicyclic amines) is 1. The first-order valence-electron chi connectivity index (χ1n) is 10.6. The standard InChI is InChI=1S/C25H28N2O5/c1-3-20(16-22(28)31-2)27-21(15-14-18-10-6-4-7-11-18)23(24(27)29)26-25(30)32-17-19-12-8-5-9-13-19/h4-15,20-21,23H,3,16-17H2,1-2H3,(H,26,30)/t20-,21+,23-/m0/s1. The molecule has 7 heteroatoms. The lowest BCUT2D eigenvalue weighted by Gasteiger charge is -2.49. The normalized spacial score (nSPS) is 18.7. The van der Waals surface area contributed by atoms with E-state index in [1.54, 1.807) is 4.90 Å². The first kappa shape index (κ1) is 23.1. The van der Waals surface area contributed by atoms with Crippen LogP contribution < -0.4 is 5.32 Å². The van der Waals surface area contributed by atoms with Crippen LogP contribution in [-0.4, -0.2) is 48.1 Å². The quantitative estimate of drug-likeness (QED) is 0.480. The van der Waals surface area contributed by atoms with Gasteiger partial charge in [-0.05, 0) is 17.5 Å². The molecule has 1 aliphatic heterocycles. The van der Waals surface area contributed by atoms with Crippen molar-refractivity contribution in [2.45, 2.75) is 44.5 Å². The summed E-state index contributed by atoms with van der Waals surface area (Å²) in [6.45, 7) is 2.02. The molecule has 168 valence electrons. The first-order chi connectivity index (χ1) is 15.5. The second-order valence-corrected chi connectivity index (χ2v) is 7.53. The fourth-order valence-electron chi connectivity index (χ4n) is 3.69. The van der Waals surface area contributed by atoms with E-state index in [4.69, 9.17) is 9.47 Å². The Morgan fingerprint density at radius 3 is 2.38 bits per heavy atom. The van der Waals surface area contributed by atoms with Crippen LogP contribution in [0.1, 0.15) is 30.9 Å². The largest absolute Gasteiger partial charge is 0.469 e. The Morgan fingerprint density at radius 1 is 1.09 bits per heavy atom. The van der Waals surface area contributed by atoms with Crippen molar-refractivity contribution in [3.05, 3.63) is 77.9 Å². The minimum absolute atomic E-state index is 0.0968. The number of β-lactam (4-membered cyclic amide) rings is 1. The van der Waals surface area contributed by atoms with Gasteiger partial charge >= 0.3 is 12.1 Å². The molecule has 1 fully saturated rings. The average Bonchev–Trinajstić information content (AvgIpc) is 2.83. The average molecular weight is 437 g/mol. The Bertz CT molecular complexity index is 945. The van der Waals surface area contributed by atoms with Crippen LogP contribution in [0.15, 0.2) is 66.7 Å². The third-order valence-corrected chi connectivity index (χ3v) is 5.45. The predicted molar refractivity (Wildman–Crippen MR) is 120 cm³/mol. The van der Waals surface area contributed by atoms with E-state index in [9.17, 15) is 14.4 Å². The summed E-state index contributed by atoms with van der Waals surface area (Å²) in [7, 11) is 1.33. The van der Waals surface area contributed by atoms with Crippen molar-refractivity contribution in [2.75, 3.05) is 7.11 Å². The molecule has 2 aromatic rings. The van der Waals surface area contributed by atoms with Gasteiger partial charge in [-0.25, -0.2) is 4.79 Å². The number of amides is 2. The van der Waals surface area contributed by atoms with E-state index < -0.39 is 18.2 Å². The molecular formula is C25H28N2O5. The fraction of sp³-hybridized carbons (Fsp3) is 0.320. The van der Waals surface area contributed by atoms with Gasteiger partial charge in [-0.1, -0.05) is 79.7 Å². The van der Waals surface area contributed by atoms with Crippen LogP contribution in [0, 0.1) is 0 Å². The number of nitrogens with zero attached hydrogens (tertiary/aromatic N) is 1. The maximum absolute atomic E-state index is 12.9. The molecule has 7 nitrogen and oxygen atoms in total. The van der Waals surface area contributed by atoms with Gasteiger partial charge in [-0.3, -0.25) is 9.59 Å². The van der Waals surface area contributed by atoms with Gasteiger partial charge in [-0.15, -0.1) is 0 Å². The number of alkyl carbamates (subject to hydrolysis) is 1. The first-order valence-corrected chi connectivity index (χ1v) is 10.6. The Kier molecular flexibility index (Phi) is 8.02. The summed E-state index contributed by atoms with van der Waals surface area (Å²) < 4.78 is 10.1. The zero-order valence-corrected chi connectivity index (χ0v) is 18.3. The number of carbonyl (C=O) groups excluding carboxylic acids is 3. The third kappa shape index (κ3) is 5.75. The van der Waals surface area contributed by atoms with Gasteiger partial charge in [0.2, 0.25) is 5.91 Å². The Hall–Kier alpha value is -3.61. The molecule has 2 amide bonds. The second-order valence-electron chi connectivity index (χ2n) is 7.53. The van der Waals surface area contributed by atoms with Crippen LogP contribution in [-0.2, 0) is 25.7 Å². The number of rotatable bonds is 9. The van der Waals surface area contributed by atoms with Crippen molar-refractivity contribution in [2.24, 2.45) is 0 Å². The SMILES string of the molecule is CC[C@@H](CC(=O)OC)N1C(=O)[C@@H](NC(=O)OCc2ccccc2)[C@H]1C=Cc1ccccc1. The van der Waals surface area contributed by atoms with Crippen LogP contribution in [0.3, 0.4) is 0 Å². The number of hydrogen-bond acceptors (Lipinski definition) is 5. The molecule has 2 aromatic carbocycles.